The molecule has 2 aromatic rings. The van der Waals surface area contributed by atoms with Gasteiger partial charge >= 0.3 is 0 Å². The summed E-state index contributed by atoms with van der Waals surface area (Å²) in [5.74, 6) is -0.749. The molecule has 0 saturated carbocycles. The standard InChI is InChI=1S/C24H24N4O5S/c25-21-17-3-1-2-4-18(17)23(29)20-19(21)24(30)27-22(20)15-5-7-16(8-6-15)34(31,32)26-9-10-28-11-13-33-14-12-28/h1-8,26H,9-14,25H2,(H,27,30). The van der Waals surface area contributed by atoms with E-state index in [-0.39, 0.29) is 34.1 Å². The van der Waals surface area contributed by atoms with Crippen LogP contribution < -0.4 is 15.8 Å². The van der Waals surface area contributed by atoms with Gasteiger partial charge in [0.25, 0.3) is 5.91 Å². The normalized spacial score (nSPS) is 18.7. The molecular weight excluding hydrogens is 456 g/mol. The van der Waals surface area contributed by atoms with E-state index >= 15 is 0 Å². The minimum atomic E-state index is -3.70. The van der Waals surface area contributed by atoms with Crippen LogP contribution in [0.4, 0.5) is 0 Å². The van der Waals surface area contributed by atoms with E-state index in [0.717, 1.165) is 13.1 Å². The number of rotatable bonds is 6. The van der Waals surface area contributed by atoms with Crippen molar-refractivity contribution in [1.29, 1.82) is 0 Å². The minimum absolute atomic E-state index is 0.101. The summed E-state index contributed by atoms with van der Waals surface area (Å²) >= 11 is 0. The van der Waals surface area contributed by atoms with Gasteiger partial charge in [0, 0.05) is 37.3 Å². The summed E-state index contributed by atoms with van der Waals surface area (Å²) in [7, 11) is -3.70. The third-order valence-electron chi connectivity index (χ3n) is 6.20. The van der Waals surface area contributed by atoms with Crippen LogP contribution in [0.2, 0.25) is 0 Å². The van der Waals surface area contributed by atoms with Gasteiger partial charge in [-0.1, -0.05) is 36.4 Å². The Morgan fingerprint density at radius 2 is 1.65 bits per heavy atom. The minimum Gasteiger partial charge on any atom is -0.398 e. The molecule has 1 fully saturated rings. The molecule has 5 rings (SSSR count). The fraction of sp³-hybridized carbons (Fsp3) is 0.250. The lowest BCUT2D eigenvalue weighted by molar-refractivity contribution is -0.115. The number of fused-ring (bicyclic) bond motifs is 2. The van der Waals surface area contributed by atoms with Gasteiger partial charge < -0.3 is 15.8 Å². The van der Waals surface area contributed by atoms with Crippen LogP contribution in [-0.4, -0.2) is 64.4 Å². The average molecular weight is 481 g/mol. The zero-order valence-electron chi connectivity index (χ0n) is 18.3. The highest BCUT2D eigenvalue weighted by atomic mass is 32.2. The molecule has 1 amide bonds. The molecule has 34 heavy (non-hydrogen) atoms. The highest BCUT2D eigenvalue weighted by Gasteiger charge is 2.39. The number of carbonyl (C=O) groups excluding carboxylic acids is 2. The lowest BCUT2D eigenvalue weighted by atomic mass is 9.84. The SMILES string of the molecule is NC1=C2C(=O)NC(c3ccc(S(=O)(=O)NCCN4CCOCC4)cc3)=C2C(=O)c2ccccc21. The summed E-state index contributed by atoms with van der Waals surface area (Å²) < 4.78 is 33.3. The first-order valence-corrected chi connectivity index (χ1v) is 12.4. The van der Waals surface area contributed by atoms with Crippen LogP contribution in [0.1, 0.15) is 21.5 Å². The van der Waals surface area contributed by atoms with Crippen LogP contribution in [0.25, 0.3) is 11.4 Å². The number of ketones is 1. The number of sulfonamides is 1. The summed E-state index contributed by atoms with van der Waals surface area (Å²) in [6.07, 6.45) is 0. The first-order valence-electron chi connectivity index (χ1n) is 11.0. The Kier molecular flexibility index (Phi) is 5.82. The number of hydrogen-bond donors (Lipinski definition) is 3. The summed E-state index contributed by atoms with van der Waals surface area (Å²) in [5.41, 5.74) is 8.66. The second-order valence-electron chi connectivity index (χ2n) is 8.24. The van der Waals surface area contributed by atoms with Crippen molar-refractivity contribution in [2.45, 2.75) is 4.90 Å². The van der Waals surface area contributed by atoms with Crippen molar-refractivity contribution in [1.82, 2.24) is 14.9 Å². The number of nitrogens with one attached hydrogen (secondary N) is 2. The van der Waals surface area contributed by atoms with E-state index in [1.807, 2.05) is 0 Å². The van der Waals surface area contributed by atoms with Crippen molar-refractivity contribution in [2.24, 2.45) is 5.73 Å². The van der Waals surface area contributed by atoms with Gasteiger partial charge in [-0.05, 0) is 17.7 Å². The molecule has 9 nitrogen and oxygen atoms in total. The molecule has 1 aliphatic carbocycles. The Morgan fingerprint density at radius 1 is 0.971 bits per heavy atom. The van der Waals surface area contributed by atoms with Crippen LogP contribution in [0.5, 0.6) is 0 Å². The van der Waals surface area contributed by atoms with Crippen LogP contribution in [0.3, 0.4) is 0 Å². The Hall–Kier alpha value is -3.31. The lowest BCUT2D eigenvalue weighted by Gasteiger charge is -2.26. The van der Waals surface area contributed by atoms with Gasteiger partial charge in [0.2, 0.25) is 10.0 Å². The first-order chi connectivity index (χ1) is 16.4. The van der Waals surface area contributed by atoms with Crippen molar-refractivity contribution in [3.05, 3.63) is 76.4 Å². The molecule has 0 spiro atoms. The molecule has 0 bridgehead atoms. The summed E-state index contributed by atoms with van der Waals surface area (Å²) in [4.78, 5) is 28.1. The molecule has 0 atom stereocenters. The maximum Gasteiger partial charge on any atom is 0.258 e. The summed E-state index contributed by atoms with van der Waals surface area (Å²) in [6.45, 7) is 3.76. The fourth-order valence-corrected chi connectivity index (χ4v) is 5.43. The highest BCUT2D eigenvalue weighted by Crippen LogP contribution is 2.39. The van der Waals surface area contributed by atoms with E-state index in [4.69, 9.17) is 10.5 Å². The van der Waals surface area contributed by atoms with E-state index in [0.29, 0.717) is 42.1 Å². The van der Waals surface area contributed by atoms with Crippen LogP contribution in [-0.2, 0) is 19.6 Å². The number of ether oxygens (including phenoxy) is 1. The third-order valence-corrected chi connectivity index (χ3v) is 7.68. The molecule has 2 aliphatic heterocycles. The molecule has 2 aromatic carbocycles. The topological polar surface area (TPSA) is 131 Å². The van der Waals surface area contributed by atoms with E-state index in [1.165, 1.54) is 12.1 Å². The highest BCUT2D eigenvalue weighted by molar-refractivity contribution is 7.89. The van der Waals surface area contributed by atoms with E-state index < -0.39 is 15.9 Å². The van der Waals surface area contributed by atoms with Gasteiger partial charge in [0.15, 0.2) is 5.78 Å². The number of morpholine rings is 1. The van der Waals surface area contributed by atoms with Crippen molar-refractivity contribution in [3.8, 4) is 0 Å². The van der Waals surface area contributed by atoms with Gasteiger partial charge in [-0.15, -0.1) is 0 Å². The Labute approximate surface area is 197 Å². The second-order valence-corrected chi connectivity index (χ2v) is 10.0. The number of nitrogens with zero attached hydrogens (tertiary/aromatic N) is 1. The number of nitrogens with two attached hydrogens (primary N) is 1. The number of carbonyl (C=O) groups is 2. The van der Waals surface area contributed by atoms with E-state index in [9.17, 15) is 18.0 Å². The maximum absolute atomic E-state index is 13.2. The molecule has 4 N–H and O–H groups in total. The van der Waals surface area contributed by atoms with E-state index in [1.54, 1.807) is 36.4 Å². The number of Topliss-reactive ketones (excluding diaryl/α,β-unsaturated/α-hetero) is 1. The monoisotopic (exact) mass is 480 g/mol. The zero-order valence-corrected chi connectivity index (χ0v) is 19.2. The molecule has 0 radical (unpaired) electrons. The summed E-state index contributed by atoms with van der Waals surface area (Å²) in [5, 5.41) is 2.74. The van der Waals surface area contributed by atoms with Crippen LogP contribution >= 0.6 is 0 Å². The quantitative estimate of drug-likeness (QED) is 0.555. The molecule has 0 unspecified atom stereocenters. The largest absolute Gasteiger partial charge is 0.398 e. The molecule has 2 heterocycles. The first kappa shape index (κ1) is 22.5. The second kappa shape index (κ2) is 8.80. The molecule has 10 heteroatoms. The maximum atomic E-state index is 13.2. The van der Waals surface area contributed by atoms with Gasteiger partial charge in [-0.3, -0.25) is 14.5 Å². The molecule has 176 valence electrons. The lowest BCUT2D eigenvalue weighted by Crippen LogP contribution is -2.41. The fourth-order valence-electron chi connectivity index (χ4n) is 4.41. The molecule has 1 saturated heterocycles. The van der Waals surface area contributed by atoms with Crippen molar-refractivity contribution in [3.63, 3.8) is 0 Å². The van der Waals surface area contributed by atoms with Gasteiger partial charge in [0.1, 0.15) is 0 Å². The van der Waals surface area contributed by atoms with Crippen molar-refractivity contribution >= 4 is 33.1 Å². The van der Waals surface area contributed by atoms with Crippen molar-refractivity contribution in [2.75, 3.05) is 39.4 Å². The Balaban J connectivity index is 1.39. The van der Waals surface area contributed by atoms with E-state index in [2.05, 4.69) is 14.9 Å². The number of amides is 1. The van der Waals surface area contributed by atoms with Gasteiger partial charge in [-0.25, -0.2) is 13.1 Å². The molecular formula is C24H24N4O5S. The third kappa shape index (κ3) is 3.94. The number of benzene rings is 2. The Bertz CT molecular complexity index is 1340. The Morgan fingerprint density at radius 3 is 2.35 bits per heavy atom. The van der Waals surface area contributed by atoms with Gasteiger partial charge in [0.05, 0.1) is 40.6 Å². The molecule has 3 aliphatic rings. The van der Waals surface area contributed by atoms with Crippen molar-refractivity contribution < 1.29 is 22.7 Å². The van der Waals surface area contributed by atoms with Crippen LogP contribution in [0, 0.1) is 0 Å². The summed E-state index contributed by atoms with van der Waals surface area (Å²) in [6, 6.07) is 13.0. The van der Waals surface area contributed by atoms with Gasteiger partial charge in [-0.2, -0.15) is 0 Å². The predicted molar refractivity (Wildman–Crippen MR) is 126 cm³/mol. The number of hydrogen-bond acceptors (Lipinski definition) is 7. The average Bonchev–Trinajstić information content (AvgIpc) is 3.21. The zero-order chi connectivity index (χ0) is 23.9. The smallest absolute Gasteiger partial charge is 0.258 e. The predicted octanol–water partition coefficient (Wildman–Crippen LogP) is 0.704. The van der Waals surface area contributed by atoms with Crippen LogP contribution in [0.15, 0.2) is 64.6 Å². The molecule has 0 aromatic heterocycles.